The highest BCUT2D eigenvalue weighted by Gasteiger charge is 2.21. The minimum absolute atomic E-state index is 0.614. The van der Waals surface area contributed by atoms with E-state index in [2.05, 4.69) is 114 Å². The van der Waals surface area contributed by atoms with Crippen molar-refractivity contribution in [2.75, 3.05) is 0 Å². The van der Waals surface area contributed by atoms with Crippen molar-refractivity contribution < 1.29 is 0 Å². The van der Waals surface area contributed by atoms with E-state index in [0.717, 1.165) is 72.3 Å². The molecular formula is C49H32N6. The van der Waals surface area contributed by atoms with Crippen molar-refractivity contribution in [2.24, 2.45) is 0 Å². The van der Waals surface area contributed by atoms with Gasteiger partial charge in [-0.1, -0.05) is 164 Å². The molecule has 0 fully saturated rings. The highest BCUT2D eigenvalue weighted by molar-refractivity contribution is 6.11. The summed E-state index contributed by atoms with van der Waals surface area (Å²) >= 11 is 0. The van der Waals surface area contributed by atoms with Gasteiger partial charge in [0.05, 0.1) is 16.7 Å². The van der Waals surface area contributed by atoms with Gasteiger partial charge in [0.25, 0.3) is 0 Å². The van der Waals surface area contributed by atoms with Crippen LogP contribution >= 0.6 is 0 Å². The zero-order valence-electron chi connectivity index (χ0n) is 29.7. The summed E-state index contributed by atoms with van der Waals surface area (Å²) in [4.78, 5) is 25.4. The lowest BCUT2D eigenvalue weighted by Gasteiger charge is -2.13. The van der Waals surface area contributed by atoms with Gasteiger partial charge in [0.1, 0.15) is 5.52 Å². The predicted molar refractivity (Wildman–Crippen MR) is 222 cm³/mol. The highest BCUT2D eigenvalue weighted by Crippen LogP contribution is 2.39. The lowest BCUT2D eigenvalue weighted by Crippen LogP contribution is -2.00. The maximum atomic E-state index is 5.34. The molecule has 6 heteroatoms. The highest BCUT2D eigenvalue weighted by atomic mass is 15.0. The van der Waals surface area contributed by atoms with Gasteiger partial charge < -0.3 is 4.57 Å². The van der Waals surface area contributed by atoms with Crippen LogP contribution in [0.1, 0.15) is 0 Å². The monoisotopic (exact) mass is 704 g/mol. The van der Waals surface area contributed by atoms with Gasteiger partial charge >= 0.3 is 0 Å². The molecule has 55 heavy (non-hydrogen) atoms. The second-order valence-electron chi connectivity index (χ2n) is 13.3. The summed E-state index contributed by atoms with van der Waals surface area (Å²) in [5, 5.41) is 1.08. The van der Waals surface area contributed by atoms with Gasteiger partial charge in [0.15, 0.2) is 23.3 Å². The van der Waals surface area contributed by atoms with Crippen LogP contribution in [0.2, 0.25) is 0 Å². The van der Waals surface area contributed by atoms with Crippen LogP contribution in [-0.2, 0) is 0 Å². The molecule has 7 aromatic carbocycles. The molecule has 0 aliphatic heterocycles. The summed E-state index contributed by atoms with van der Waals surface area (Å²) in [7, 11) is 0. The Hall–Kier alpha value is -7.57. The normalized spacial score (nSPS) is 11.3. The van der Waals surface area contributed by atoms with Crippen molar-refractivity contribution in [3.63, 3.8) is 0 Å². The summed E-state index contributed by atoms with van der Waals surface area (Å²) < 4.78 is 2.29. The standard InChI is InChI=1S/C49H32N6/c1-5-17-33(18-6-1)46-50-43(45-44(51-46)41-29-13-14-30-42(41)55(45)40-27-11-4-12-28-40)38-25-15-23-36(31-38)37-24-16-26-39(32-37)49-53-47(34-19-7-2-8-20-34)52-48(54-49)35-21-9-3-10-22-35/h1-32H. The molecular weight excluding hydrogens is 673 g/mol. The first kappa shape index (κ1) is 32.1. The zero-order valence-corrected chi connectivity index (χ0v) is 29.7. The van der Waals surface area contributed by atoms with E-state index in [-0.39, 0.29) is 0 Å². The van der Waals surface area contributed by atoms with Crippen molar-refractivity contribution in [3.05, 3.63) is 194 Å². The predicted octanol–water partition coefficient (Wildman–Crippen LogP) is 11.8. The Morgan fingerprint density at radius 2 is 0.727 bits per heavy atom. The fraction of sp³-hybridized carbons (Fsp3) is 0. The Morgan fingerprint density at radius 1 is 0.309 bits per heavy atom. The van der Waals surface area contributed by atoms with Crippen LogP contribution in [0.25, 0.3) is 95.6 Å². The molecule has 0 atom stereocenters. The molecule has 3 heterocycles. The number of nitrogens with zero attached hydrogens (tertiary/aromatic N) is 6. The van der Waals surface area contributed by atoms with E-state index < -0.39 is 0 Å². The van der Waals surface area contributed by atoms with Crippen molar-refractivity contribution in [1.82, 2.24) is 29.5 Å². The molecule has 3 aromatic heterocycles. The number of hydrogen-bond donors (Lipinski definition) is 0. The van der Waals surface area contributed by atoms with Crippen molar-refractivity contribution in [2.45, 2.75) is 0 Å². The third-order valence-corrected chi connectivity index (χ3v) is 9.84. The molecule has 6 nitrogen and oxygen atoms in total. The van der Waals surface area contributed by atoms with Crippen molar-refractivity contribution in [3.8, 4) is 73.6 Å². The van der Waals surface area contributed by atoms with E-state index >= 15 is 0 Å². The Kier molecular flexibility index (Phi) is 8.04. The molecule has 0 unspecified atom stereocenters. The van der Waals surface area contributed by atoms with Crippen molar-refractivity contribution in [1.29, 1.82) is 0 Å². The number of para-hydroxylation sites is 2. The van der Waals surface area contributed by atoms with Gasteiger partial charge in [-0.15, -0.1) is 0 Å². The molecule has 258 valence electrons. The number of hydrogen-bond acceptors (Lipinski definition) is 5. The van der Waals surface area contributed by atoms with E-state index in [0.29, 0.717) is 23.3 Å². The van der Waals surface area contributed by atoms with Gasteiger partial charge in [-0.05, 0) is 41.5 Å². The average molecular weight is 705 g/mol. The van der Waals surface area contributed by atoms with Gasteiger partial charge in [0, 0.05) is 38.9 Å². The van der Waals surface area contributed by atoms with E-state index in [4.69, 9.17) is 24.9 Å². The largest absolute Gasteiger partial charge is 0.306 e. The molecule has 0 radical (unpaired) electrons. The summed E-state index contributed by atoms with van der Waals surface area (Å²) in [6, 6.07) is 66.3. The maximum Gasteiger partial charge on any atom is 0.164 e. The topological polar surface area (TPSA) is 69.4 Å². The summed E-state index contributed by atoms with van der Waals surface area (Å²) in [6.07, 6.45) is 0. The Bertz CT molecular complexity index is 2900. The fourth-order valence-corrected chi connectivity index (χ4v) is 7.23. The van der Waals surface area contributed by atoms with Crippen molar-refractivity contribution >= 4 is 21.9 Å². The molecule has 0 amide bonds. The van der Waals surface area contributed by atoms with Crippen LogP contribution in [0.4, 0.5) is 0 Å². The maximum absolute atomic E-state index is 5.34. The SMILES string of the molecule is c1ccc(-c2nc(-c3ccccc3)nc(-c3cccc(-c4cccc(-c5nc(-c6ccccc6)nc6c7ccccc7n(-c7ccccc7)c56)c4)c3)n2)cc1. The first-order valence-electron chi connectivity index (χ1n) is 18.3. The average Bonchev–Trinajstić information content (AvgIpc) is 3.61. The number of fused-ring (bicyclic) bond motifs is 3. The van der Waals surface area contributed by atoms with Crippen LogP contribution in [-0.4, -0.2) is 29.5 Å². The van der Waals surface area contributed by atoms with E-state index in [9.17, 15) is 0 Å². The van der Waals surface area contributed by atoms with Gasteiger partial charge in [-0.3, -0.25) is 0 Å². The lowest BCUT2D eigenvalue weighted by molar-refractivity contribution is 1.07. The Balaban J connectivity index is 1.15. The summed E-state index contributed by atoms with van der Waals surface area (Å²) in [5.74, 6) is 2.56. The fourth-order valence-electron chi connectivity index (χ4n) is 7.23. The second kappa shape index (κ2) is 13.8. The third-order valence-electron chi connectivity index (χ3n) is 9.84. The molecule has 0 aliphatic carbocycles. The third kappa shape index (κ3) is 6.02. The van der Waals surface area contributed by atoms with Gasteiger partial charge in [-0.25, -0.2) is 24.9 Å². The smallest absolute Gasteiger partial charge is 0.164 e. The molecule has 0 N–H and O–H groups in total. The van der Waals surface area contributed by atoms with E-state index in [1.165, 1.54) is 0 Å². The number of rotatable bonds is 7. The molecule has 10 rings (SSSR count). The zero-order chi connectivity index (χ0) is 36.6. The molecule has 0 saturated carbocycles. The van der Waals surface area contributed by atoms with Gasteiger partial charge in [0.2, 0.25) is 0 Å². The second-order valence-corrected chi connectivity index (χ2v) is 13.3. The minimum Gasteiger partial charge on any atom is -0.306 e. The number of benzene rings is 7. The van der Waals surface area contributed by atoms with Crippen LogP contribution in [0.15, 0.2) is 194 Å². The van der Waals surface area contributed by atoms with Crippen LogP contribution in [0, 0.1) is 0 Å². The minimum atomic E-state index is 0.614. The molecule has 0 bridgehead atoms. The molecule has 0 aliphatic rings. The Morgan fingerprint density at radius 3 is 1.31 bits per heavy atom. The quantitative estimate of drug-likeness (QED) is 0.165. The number of aromatic nitrogens is 6. The first-order chi connectivity index (χ1) is 27.3. The Labute approximate surface area is 318 Å². The van der Waals surface area contributed by atoms with Crippen LogP contribution in [0.3, 0.4) is 0 Å². The van der Waals surface area contributed by atoms with E-state index in [1.807, 2.05) is 84.9 Å². The molecule has 10 aromatic rings. The molecule has 0 spiro atoms. The van der Waals surface area contributed by atoms with Crippen LogP contribution in [0.5, 0.6) is 0 Å². The summed E-state index contributed by atoms with van der Waals surface area (Å²) in [6.45, 7) is 0. The first-order valence-corrected chi connectivity index (χ1v) is 18.3. The molecule has 0 saturated heterocycles. The van der Waals surface area contributed by atoms with Crippen LogP contribution < -0.4 is 0 Å². The summed E-state index contributed by atoms with van der Waals surface area (Å²) in [5.41, 5.74) is 11.7. The lowest BCUT2D eigenvalue weighted by atomic mass is 9.99. The van der Waals surface area contributed by atoms with Gasteiger partial charge in [-0.2, -0.15) is 0 Å². The van der Waals surface area contributed by atoms with E-state index in [1.54, 1.807) is 0 Å².